The number of rotatable bonds is 5. The second-order valence-corrected chi connectivity index (χ2v) is 5.11. The zero-order valence-electron chi connectivity index (χ0n) is 11.1. The van der Waals surface area contributed by atoms with Crippen molar-refractivity contribution in [2.75, 3.05) is 13.6 Å². The molecule has 100 valence electrons. The van der Waals surface area contributed by atoms with Crippen LogP contribution in [0.5, 0.6) is 0 Å². The Kier molecular flexibility index (Phi) is 5.63. The molecule has 18 heavy (non-hydrogen) atoms. The summed E-state index contributed by atoms with van der Waals surface area (Å²) >= 11 is 6.03. The molecule has 0 aromatic heterocycles. The van der Waals surface area contributed by atoms with Crippen LogP contribution in [-0.2, 0) is 11.2 Å². The lowest BCUT2D eigenvalue weighted by Crippen LogP contribution is -2.33. The van der Waals surface area contributed by atoms with Gasteiger partial charge in [-0.05, 0) is 37.5 Å². The fraction of sp³-hybridized carbons (Fsp3) is 0.500. The van der Waals surface area contributed by atoms with Gasteiger partial charge in [-0.15, -0.1) is 0 Å². The van der Waals surface area contributed by atoms with E-state index < -0.39 is 6.10 Å². The maximum atomic E-state index is 11.8. The van der Waals surface area contributed by atoms with Crippen molar-refractivity contribution >= 4 is 17.5 Å². The first-order chi connectivity index (χ1) is 8.40. The summed E-state index contributed by atoms with van der Waals surface area (Å²) in [7, 11) is 1.71. The summed E-state index contributed by atoms with van der Waals surface area (Å²) in [6.45, 7) is 3.99. The number of amides is 1. The van der Waals surface area contributed by atoms with Crippen LogP contribution in [-0.4, -0.2) is 35.6 Å². The SMILES string of the molecule is Cc1ccc(CCC(=O)N(C)CC(C)O)cc1Cl. The molecule has 1 aromatic rings. The molecule has 4 heteroatoms. The first kappa shape index (κ1) is 15.0. The zero-order chi connectivity index (χ0) is 13.7. The van der Waals surface area contributed by atoms with Crippen molar-refractivity contribution in [3.8, 4) is 0 Å². The van der Waals surface area contributed by atoms with Crippen LogP contribution in [0, 0.1) is 6.92 Å². The summed E-state index contributed by atoms with van der Waals surface area (Å²) in [4.78, 5) is 13.3. The molecule has 1 unspecified atom stereocenters. The Hall–Kier alpha value is -1.06. The summed E-state index contributed by atoms with van der Waals surface area (Å²) < 4.78 is 0. The number of hydrogen-bond donors (Lipinski definition) is 1. The van der Waals surface area contributed by atoms with Crippen LogP contribution in [0.25, 0.3) is 0 Å². The van der Waals surface area contributed by atoms with E-state index in [2.05, 4.69) is 0 Å². The van der Waals surface area contributed by atoms with E-state index in [-0.39, 0.29) is 5.91 Å². The van der Waals surface area contributed by atoms with Crippen LogP contribution >= 0.6 is 11.6 Å². The van der Waals surface area contributed by atoms with Crippen molar-refractivity contribution in [1.82, 2.24) is 4.90 Å². The maximum Gasteiger partial charge on any atom is 0.222 e. The van der Waals surface area contributed by atoms with E-state index >= 15 is 0 Å². The molecule has 0 aliphatic heterocycles. The summed E-state index contributed by atoms with van der Waals surface area (Å²) in [6.07, 6.45) is 0.610. The highest BCUT2D eigenvalue weighted by molar-refractivity contribution is 6.31. The van der Waals surface area contributed by atoms with Gasteiger partial charge in [-0.25, -0.2) is 0 Å². The molecule has 0 heterocycles. The lowest BCUT2D eigenvalue weighted by molar-refractivity contribution is -0.131. The van der Waals surface area contributed by atoms with Gasteiger partial charge >= 0.3 is 0 Å². The van der Waals surface area contributed by atoms with Gasteiger partial charge in [0.1, 0.15) is 0 Å². The average Bonchev–Trinajstić information content (AvgIpc) is 2.29. The molecular weight excluding hydrogens is 250 g/mol. The van der Waals surface area contributed by atoms with Gasteiger partial charge in [0.05, 0.1) is 6.10 Å². The highest BCUT2D eigenvalue weighted by Crippen LogP contribution is 2.17. The van der Waals surface area contributed by atoms with E-state index in [9.17, 15) is 9.90 Å². The van der Waals surface area contributed by atoms with E-state index in [0.29, 0.717) is 19.4 Å². The molecule has 0 saturated heterocycles. The minimum atomic E-state index is -0.493. The Morgan fingerprint density at radius 3 is 2.72 bits per heavy atom. The second-order valence-electron chi connectivity index (χ2n) is 4.71. The molecule has 0 aliphatic rings. The molecule has 1 N–H and O–H groups in total. The molecule has 0 spiro atoms. The molecule has 0 saturated carbocycles. The standard InChI is InChI=1S/C14H20ClNO2/c1-10-4-5-12(8-13(10)15)6-7-14(18)16(3)9-11(2)17/h4-5,8,11,17H,6-7,9H2,1-3H3. The third-order valence-corrected chi connectivity index (χ3v) is 3.23. The number of carbonyl (C=O) groups is 1. The molecule has 1 amide bonds. The molecule has 0 bridgehead atoms. The van der Waals surface area contributed by atoms with Crippen LogP contribution in [0.3, 0.4) is 0 Å². The summed E-state index contributed by atoms with van der Waals surface area (Å²) in [5.41, 5.74) is 2.10. The minimum Gasteiger partial charge on any atom is -0.392 e. The van der Waals surface area contributed by atoms with Crippen molar-refractivity contribution < 1.29 is 9.90 Å². The number of aryl methyl sites for hydroxylation is 2. The van der Waals surface area contributed by atoms with Crippen LogP contribution in [0.4, 0.5) is 0 Å². The van der Waals surface area contributed by atoms with E-state index in [0.717, 1.165) is 16.1 Å². The molecule has 0 radical (unpaired) electrons. The molecule has 0 aliphatic carbocycles. The quantitative estimate of drug-likeness (QED) is 0.892. The highest BCUT2D eigenvalue weighted by Gasteiger charge is 2.11. The summed E-state index contributed by atoms with van der Waals surface area (Å²) in [6, 6.07) is 5.85. The first-order valence-corrected chi connectivity index (χ1v) is 6.45. The fourth-order valence-corrected chi connectivity index (χ4v) is 1.94. The summed E-state index contributed by atoms with van der Waals surface area (Å²) in [5, 5.41) is 9.95. The van der Waals surface area contributed by atoms with Crippen molar-refractivity contribution in [2.24, 2.45) is 0 Å². The van der Waals surface area contributed by atoms with Gasteiger partial charge < -0.3 is 10.0 Å². The number of benzene rings is 1. The van der Waals surface area contributed by atoms with Crippen molar-refractivity contribution in [2.45, 2.75) is 32.8 Å². The van der Waals surface area contributed by atoms with Crippen molar-refractivity contribution in [1.29, 1.82) is 0 Å². The largest absolute Gasteiger partial charge is 0.392 e. The van der Waals surface area contributed by atoms with Crippen molar-refractivity contribution in [3.63, 3.8) is 0 Å². The smallest absolute Gasteiger partial charge is 0.222 e. The zero-order valence-corrected chi connectivity index (χ0v) is 11.9. The third kappa shape index (κ3) is 4.67. The number of aliphatic hydroxyl groups excluding tert-OH is 1. The average molecular weight is 270 g/mol. The monoisotopic (exact) mass is 269 g/mol. The first-order valence-electron chi connectivity index (χ1n) is 6.07. The van der Waals surface area contributed by atoms with Crippen LogP contribution in [0.15, 0.2) is 18.2 Å². The minimum absolute atomic E-state index is 0.0348. The highest BCUT2D eigenvalue weighted by atomic mass is 35.5. The number of carbonyl (C=O) groups excluding carboxylic acids is 1. The van der Waals surface area contributed by atoms with Crippen molar-refractivity contribution in [3.05, 3.63) is 34.3 Å². The lowest BCUT2D eigenvalue weighted by Gasteiger charge is -2.18. The Labute approximate surface area is 113 Å². The number of halogens is 1. The van der Waals surface area contributed by atoms with Gasteiger partial charge in [-0.1, -0.05) is 23.7 Å². The van der Waals surface area contributed by atoms with Gasteiger partial charge in [0.15, 0.2) is 0 Å². The summed E-state index contributed by atoms with van der Waals surface area (Å²) in [5.74, 6) is 0.0348. The molecule has 1 rings (SSSR count). The Bertz CT molecular complexity index is 418. The van der Waals surface area contributed by atoms with Gasteiger partial charge in [0.2, 0.25) is 5.91 Å². The number of aliphatic hydroxyl groups is 1. The molecule has 3 nitrogen and oxygen atoms in total. The lowest BCUT2D eigenvalue weighted by atomic mass is 10.1. The molecular formula is C14H20ClNO2. The predicted octanol–water partition coefficient (Wildman–Crippen LogP) is 2.42. The van der Waals surface area contributed by atoms with E-state index in [4.69, 9.17) is 11.6 Å². The molecule has 1 atom stereocenters. The van der Waals surface area contributed by atoms with Gasteiger partial charge in [-0.3, -0.25) is 4.79 Å². The Morgan fingerprint density at radius 1 is 1.50 bits per heavy atom. The van der Waals surface area contributed by atoms with E-state index in [1.165, 1.54) is 0 Å². The third-order valence-electron chi connectivity index (χ3n) is 2.83. The number of hydrogen-bond acceptors (Lipinski definition) is 2. The van der Waals surface area contributed by atoms with E-state index in [1.807, 2.05) is 25.1 Å². The fourth-order valence-electron chi connectivity index (χ4n) is 1.73. The molecule has 0 fully saturated rings. The van der Waals surface area contributed by atoms with Gasteiger partial charge in [0, 0.05) is 25.0 Å². The van der Waals surface area contributed by atoms with Gasteiger partial charge in [0.25, 0.3) is 0 Å². The van der Waals surface area contributed by atoms with E-state index in [1.54, 1.807) is 18.9 Å². The Balaban J connectivity index is 2.49. The predicted molar refractivity (Wildman–Crippen MR) is 73.8 cm³/mol. The topological polar surface area (TPSA) is 40.5 Å². The molecule has 1 aromatic carbocycles. The van der Waals surface area contributed by atoms with Crippen LogP contribution in [0.2, 0.25) is 5.02 Å². The number of nitrogens with zero attached hydrogens (tertiary/aromatic N) is 1. The van der Waals surface area contributed by atoms with Gasteiger partial charge in [-0.2, -0.15) is 0 Å². The number of likely N-dealkylation sites (N-methyl/N-ethyl adjacent to an activating group) is 1. The Morgan fingerprint density at radius 2 is 2.17 bits per heavy atom. The van der Waals surface area contributed by atoms with Crippen LogP contribution < -0.4 is 0 Å². The normalized spacial score (nSPS) is 12.3. The van der Waals surface area contributed by atoms with Crippen LogP contribution in [0.1, 0.15) is 24.5 Å². The second kappa shape index (κ2) is 6.76. The maximum absolute atomic E-state index is 11.8.